The first-order chi connectivity index (χ1) is 9.33. The lowest BCUT2D eigenvalue weighted by atomic mass is 9.99. The van der Waals surface area contributed by atoms with Crippen molar-refractivity contribution in [3.8, 4) is 0 Å². The molecule has 0 aliphatic heterocycles. The molecule has 1 unspecified atom stereocenters. The maximum absolute atomic E-state index is 5.77. The predicted molar refractivity (Wildman–Crippen MR) is 75.5 cm³/mol. The third kappa shape index (κ3) is 2.17. The molecule has 3 N–H and O–H groups in total. The van der Waals surface area contributed by atoms with Crippen LogP contribution in [0.1, 0.15) is 41.8 Å². The summed E-state index contributed by atoms with van der Waals surface area (Å²) in [5.41, 5.74) is 8.22. The molecule has 4 nitrogen and oxygen atoms in total. The van der Waals surface area contributed by atoms with E-state index in [2.05, 4.69) is 35.6 Å². The number of fused-ring (bicyclic) bond motifs is 1. The van der Waals surface area contributed by atoms with Gasteiger partial charge >= 0.3 is 0 Å². The second-order valence-corrected chi connectivity index (χ2v) is 5.05. The van der Waals surface area contributed by atoms with Gasteiger partial charge < -0.3 is 0 Å². The second kappa shape index (κ2) is 5.15. The van der Waals surface area contributed by atoms with Crippen molar-refractivity contribution in [2.45, 2.75) is 38.8 Å². The molecule has 3 rings (SSSR count). The summed E-state index contributed by atoms with van der Waals surface area (Å²) < 4.78 is 1.98. The third-order valence-corrected chi connectivity index (χ3v) is 3.97. The average Bonchev–Trinajstić information content (AvgIpc) is 3.07. The Morgan fingerprint density at radius 3 is 2.95 bits per heavy atom. The highest BCUT2D eigenvalue weighted by molar-refractivity contribution is 5.38. The largest absolute Gasteiger partial charge is 0.271 e. The molecule has 0 bridgehead atoms. The van der Waals surface area contributed by atoms with E-state index in [0.29, 0.717) is 0 Å². The molecule has 1 aliphatic rings. The second-order valence-electron chi connectivity index (χ2n) is 5.05. The molecule has 0 fully saturated rings. The number of nitrogens with zero attached hydrogens (tertiary/aromatic N) is 2. The summed E-state index contributed by atoms with van der Waals surface area (Å²) in [6.07, 6.45) is 5.50. The van der Waals surface area contributed by atoms with Gasteiger partial charge in [-0.05, 0) is 48.9 Å². The zero-order valence-corrected chi connectivity index (χ0v) is 11.3. The van der Waals surface area contributed by atoms with Gasteiger partial charge in [0.05, 0.1) is 11.7 Å². The van der Waals surface area contributed by atoms with Crippen LogP contribution in [0.4, 0.5) is 0 Å². The number of aryl methyl sites for hydroxylation is 3. The highest BCUT2D eigenvalue weighted by Crippen LogP contribution is 2.28. The number of benzene rings is 1. The topological polar surface area (TPSA) is 55.9 Å². The summed E-state index contributed by atoms with van der Waals surface area (Å²) in [5, 5.41) is 4.32. The van der Waals surface area contributed by atoms with Crippen LogP contribution in [-0.4, -0.2) is 9.78 Å². The van der Waals surface area contributed by atoms with Crippen LogP contribution >= 0.6 is 0 Å². The first-order valence-corrected chi connectivity index (χ1v) is 6.93. The quantitative estimate of drug-likeness (QED) is 0.649. The van der Waals surface area contributed by atoms with Gasteiger partial charge in [0.1, 0.15) is 0 Å². The lowest BCUT2D eigenvalue weighted by Crippen LogP contribution is -2.30. The minimum atomic E-state index is 0.00773. The molecule has 0 spiro atoms. The van der Waals surface area contributed by atoms with Gasteiger partial charge in [0.25, 0.3) is 0 Å². The van der Waals surface area contributed by atoms with Crippen molar-refractivity contribution in [2.24, 2.45) is 5.84 Å². The van der Waals surface area contributed by atoms with Gasteiger partial charge in [-0.25, -0.2) is 5.43 Å². The summed E-state index contributed by atoms with van der Waals surface area (Å²) in [6, 6.07) is 8.76. The van der Waals surface area contributed by atoms with Gasteiger partial charge in [-0.3, -0.25) is 10.5 Å². The van der Waals surface area contributed by atoms with Crippen LogP contribution in [0.5, 0.6) is 0 Å². The van der Waals surface area contributed by atoms with Crippen molar-refractivity contribution in [1.29, 1.82) is 0 Å². The first-order valence-electron chi connectivity index (χ1n) is 6.93. The van der Waals surface area contributed by atoms with Crippen LogP contribution in [0.3, 0.4) is 0 Å². The van der Waals surface area contributed by atoms with Crippen molar-refractivity contribution < 1.29 is 0 Å². The van der Waals surface area contributed by atoms with Crippen LogP contribution in [0.25, 0.3) is 0 Å². The number of nitrogens with one attached hydrogen (secondary N) is 1. The van der Waals surface area contributed by atoms with Gasteiger partial charge in [0, 0.05) is 12.7 Å². The van der Waals surface area contributed by atoms with Crippen LogP contribution in [0, 0.1) is 0 Å². The fraction of sp³-hybridized carbons (Fsp3) is 0.400. The molecule has 0 amide bonds. The summed E-state index contributed by atoms with van der Waals surface area (Å²) in [5.74, 6) is 5.77. The van der Waals surface area contributed by atoms with Crippen LogP contribution < -0.4 is 11.3 Å². The lowest BCUT2D eigenvalue weighted by molar-refractivity contribution is 0.543. The number of hydrazine groups is 1. The number of aromatic nitrogens is 2. The van der Waals surface area contributed by atoms with E-state index in [1.165, 1.54) is 36.0 Å². The number of rotatable bonds is 4. The van der Waals surface area contributed by atoms with Crippen molar-refractivity contribution in [2.75, 3.05) is 0 Å². The highest BCUT2D eigenvalue weighted by atomic mass is 15.3. The Labute approximate surface area is 113 Å². The lowest BCUT2D eigenvalue weighted by Gasteiger charge is -2.18. The van der Waals surface area contributed by atoms with Gasteiger partial charge in [0.2, 0.25) is 0 Å². The Kier molecular flexibility index (Phi) is 3.36. The van der Waals surface area contributed by atoms with E-state index in [1.54, 1.807) is 0 Å². The smallest absolute Gasteiger partial charge is 0.0878 e. The Hall–Kier alpha value is -1.65. The molecule has 1 aliphatic carbocycles. The zero-order valence-electron chi connectivity index (χ0n) is 11.3. The van der Waals surface area contributed by atoms with Crippen LogP contribution in [0.2, 0.25) is 0 Å². The number of hydrogen-bond acceptors (Lipinski definition) is 3. The molecular formula is C15H20N4. The normalized spacial score (nSPS) is 15.5. The third-order valence-electron chi connectivity index (χ3n) is 3.97. The van der Waals surface area contributed by atoms with E-state index >= 15 is 0 Å². The fourth-order valence-electron chi connectivity index (χ4n) is 2.98. The summed E-state index contributed by atoms with van der Waals surface area (Å²) in [6.45, 7) is 2.94. The Morgan fingerprint density at radius 1 is 1.32 bits per heavy atom. The van der Waals surface area contributed by atoms with Crippen LogP contribution in [-0.2, 0) is 19.4 Å². The van der Waals surface area contributed by atoms with Crippen molar-refractivity contribution >= 4 is 0 Å². The first kappa shape index (κ1) is 12.4. The Balaban J connectivity index is 1.98. The summed E-state index contributed by atoms with van der Waals surface area (Å²) >= 11 is 0. The molecule has 1 aromatic carbocycles. The standard InChI is InChI=1S/C15H20N4/c1-2-19-14(8-9-17-19)15(18-16)13-7-6-11-4-3-5-12(11)10-13/h6-10,15,18H,2-5,16H2,1H3. The molecule has 0 radical (unpaired) electrons. The SMILES string of the molecule is CCn1nccc1C(NN)c1ccc2c(c1)CCC2. The van der Waals surface area contributed by atoms with Crippen molar-refractivity contribution in [3.63, 3.8) is 0 Å². The highest BCUT2D eigenvalue weighted by Gasteiger charge is 2.19. The minimum absolute atomic E-state index is 0.00773. The molecule has 19 heavy (non-hydrogen) atoms. The van der Waals surface area contributed by atoms with E-state index < -0.39 is 0 Å². The van der Waals surface area contributed by atoms with E-state index in [-0.39, 0.29) is 6.04 Å². The zero-order chi connectivity index (χ0) is 13.2. The minimum Gasteiger partial charge on any atom is -0.271 e. The molecule has 0 saturated carbocycles. The Morgan fingerprint density at radius 2 is 2.16 bits per heavy atom. The number of hydrogen-bond donors (Lipinski definition) is 2. The molecule has 1 heterocycles. The number of nitrogens with two attached hydrogens (primary N) is 1. The van der Waals surface area contributed by atoms with E-state index in [4.69, 9.17) is 5.84 Å². The Bertz CT molecular complexity index is 573. The molecule has 4 heteroatoms. The maximum atomic E-state index is 5.77. The summed E-state index contributed by atoms with van der Waals surface area (Å²) in [7, 11) is 0. The predicted octanol–water partition coefficient (Wildman–Crippen LogP) is 1.94. The van der Waals surface area contributed by atoms with Crippen molar-refractivity contribution in [3.05, 3.63) is 52.8 Å². The average molecular weight is 256 g/mol. The molecule has 2 aromatic rings. The maximum Gasteiger partial charge on any atom is 0.0878 e. The van der Waals surface area contributed by atoms with E-state index in [9.17, 15) is 0 Å². The summed E-state index contributed by atoms with van der Waals surface area (Å²) in [4.78, 5) is 0. The van der Waals surface area contributed by atoms with Crippen LogP contribution in [0.15, 0.2) is 30.5 Å². The van der Waals surface area contributed by atoms with Gasteiger partial charge in [-0.1, -0.05) is 18.2 Å². The molecule has 0 saturated heterocycles. The fourth-order valence-corrected chi connectivity index (χ4v) is 2.98. The van der Waals surface area contributed by atoms with E-state index in [1.807, 2.05) is 16.9 Å². The van der Waals surface area contributed by atoms with E-state index in [0.717, 1.165) is 12.2 Å². The molecule has 1 atom stereocenters. The van der Waals surface area contributed by atoms with Gasteiger partial charge in [-0.15, -0.1) is 0 Å². The monoisotopic (exact) mass is 256 g/mol. The van der Waals surface area contributed by atoms with Gasteiger partial charge in [0.15, 0.2) is 0 Å². The molecule has 100 valence electrons. The van der Waals surface area contributed by atoms with Gasteiger partial charge in [-0.2, -0.15) is 5.10 Å². The van der Waals surface area contributed by atoms with Crippen molar-refractivity contribution in [1.82, 2.24) is 15.2 Å². The molecular weight excluding hydrogens is 236 g/mol. The molecule has 1 aromatic heterocycles.